The van der Waals surface area contributed by atoms with Gasteiger partial charge in [0.15, 0.2) is 5.78 Å². The number of ketones is 1. The number of methoxy groups -OCH3 is 1. The highest BCUT2D eigenvalue weighted by molar-refractivity contribution is 7.91. The van der Waals surface area contributed by atoms with Crippen molar-refractivity contribution in [1.29, 1.82) is 0 Å². The lowest BCUT2D eigenvalue weighted by Crippen LogP contribution is -2.54. The fourth-order valence-corrected chi connectivity index (χ4v) is 7.21. The Morgan fingerprint density at radius 3 is 1.15 bits per heavy atom. The average Bonchev–Trinajstić information content (AvgIpc) is 3.16. The summed E-state index contributed by atoms with van der Waals surface area (Å²) in [6.45, 7) is 0. The first kappa shape index (κ1) is 38.9. The molecule has 0 heterocycles. The molecule has 0 aromatic heterocycles. The zero-order chi connectivity index (χ0) is 39.6. The Kier molecular flexibility index (Phi) is 10.7. The van der Waals surface area contributed by atoms with Gasteiger partial charge in [0.25, 0.3) is 0 Å². The molecule has 0 aliphatic rings. The van der Waals surface area contributed by atoms with E-state index < -0.39 is 38.7 Å². The number of benzene rings is 6. The molecule has 0 N–H and O–H groups in total. The van der Waals surface area contributed by atoms with Crippen LogP contribution < -0.4 is 14.2 Å². The van der Waals surface area contributed by atoms with Crippen molar-refractivity contribution in [3.05, 3.63) is 173 Å². The number of halogens is 7. The minimum Gasteiger partial charge on any atom is -0.497 e. The molecular weight excluding hydrogens is 770 g/mol. The van der Waals surface area contributed by atoms with Gasteiger partial charge in [-0.1, -0.05) is 35.9 Å². The number of rotatable bonds is 11. The van der Waals surface area contributed by atoms with Gasteiger partial charge in [-0.3, -0.25) is 4.79 Å². The van der Waals surface area contributed by atoms with E-state index in [-0.39, 0.29) is 38.6 Å². The van der Waals surface area contributed by atoms with Crippen LogP contribution in [-0.4, -0.2) is 33.7 Å². The first-order valence-corrected chi connectivity index (χ1v) is 18.0. The van der Waals surface area contributed by atoms with Crippen LogP contribution in [0.2, 0.25) is 5.02 Å². The molecule has 0 amide bonds. The summed E-state index contributed by atoms with van der Waals surface area (Å²) in [5.41, 5.74) is -5.95. The number of alkyl halides is 6. The van der Waals surface area contributed by atoms with Crippen LogP contribution in [0.5, 0.6) is 28.7 Å². The normalized spacial score (nSPS) is 12.2. The number of carbonyl (C=O) groups is 1. The minimum atomic E-state index is -5.84. The summed E-state index contributed by atoms with van der Waals surface area (Å²) in [7, 11) is -2.47. The lowest BCUT2D eigenvalue weighted by atomic mass is 9.73. The van der Waals surface area contributed by atoms with E-state index in [0.29, 0.717) is 46.2 Å². The first-order chi connectivity index (χ1) is 26.0. The van der Waals surface area contributed by atoms with Crippen molar-refractivity contribution >= 4 is 27.2 Å². The molecule has 55 heavy (non-hydrogen) atoms. The van der Waals surface area contributed by atoms with Crippen molar-refractivity contribution in [3.8, 4) is 28.7 Å². The van der Waals surface area contributed by atoms with Crippen LogP contribution in [0, 0.1) is 0 Å². The maximum atomic E-state index is 14.8. The predicted molar refractivity (Wildman–Crippen MR) is 192 cm³/mol. The molecule has 0 unspecified atom stereocenters. The largest absolute Gasteiger partial charge is 0.497 e. The summed E-state index contributed by atoms with van der Waals surface area (Å²) in [6, 6.07) is 29.6. The minimum absolute atomic E-state index is 0.00707. The van der Waals surface area contributed by atoms with Crippen LogP contribution in [-0.2, 0) is 15.3 Å². The van der Waals surface area contributed by atoms with Crippen LogP contribution in [0.1, 0.15) is 27.0 Å². The van der Waals surface area contributed by atoms with Crippen LogP contribution in [0.15, 0.2) is 155 Å². The van der Waals surface area contributed by atoms with Gasteiger partial charge in [0.2, 0.25) is 15.3 Å². The van der Waals surface area contributed by atoms with Crippen LogP contribution in [0.4, 0.5) is 26.3 Å². The van der Waals surface area contributed by atoms with Crippen molar-refractivity contribution in [2.24, 2.45) is 0 Å². The molecular formula is C41H27ClF6O6S. The maximum Gasteiger partial charge on any atom is 0.411 e. The van der Waals surface area contributed by atoms with E-state index in [1.807, 2.05) is 0 Å². The molecule has 0 atom stereocenters. The van der Waals surface area contributed by atoms with Crippen LogP contribution in [0.25, 0.3) is 0 Å². The van der Waals surface area contributed by atoms with Gasteiger partial charge in [0.05, 0.1) is 16.9 Å². The highest BCUT2D eigenvalue weighted by Crippen LogP contribution is 2.56. The number of hydrogen-bond donors (Lipinski definition) is 0. The number of sulfone groups is 1. The molecule has 0 fully saturated rings. The van der Waals surface area contributed by atoms with Crippen molar-refractivity contribution < 1.29 is 53.8 Å². The molecule has 0 saturated heterocycles. The van der Waals surface area contributed by atoms with Crippen molar-refractivity contribution in [1.82, 2.24) is 0 Å². The summed E-state index contributed by atoms with van der Waals surface area (Å²) in [5.74, 6) is 0.281. The second-order valence-corrected chi connectivity index (χ2v) is 14.4. The molecule has 6 rings (SSSR count). The molecule has 6 aromatic carbocycles. The first-order valence-electron chi connectivity index (χ1n) is 16.1. The van der Waals surface area contributed by atoms with E-state index in [4.69, 9.17) is 25.8 Å². The third-order valence-corrected chi connectivity index (χ3v) is 10.7. The van der Waals surface area contributed by atoms with Crippen LogP contribution >= 0.6 is 11.6 Å². The number of hydrogen-bond acceptors (Lipinski definition) is 6. The zero-order valence-electron chi connectivity index (χ0n) is 28.4. The van der Waals surface area contributed by atoms with E-state index >= 15 is 0 Å². The highest BCUT2D eigenvalue weighted by Gasteiger charge is 2.72. The van der Waals surface area contributed by atoms with Crippen LogP contribution in [0.3, 0.4) is 0 Å². The Labute approximate surface area is 316 Å². The molecule has 0 spiro atoms. The standard InChI is InChI=1S/C41H27ClF6O6S/c1-52-31-18-22-36(23-19-31)55(50,51)37-24-20-35(21-25-37)54-34-16-8-29(9-17-34)39(40(43,44)45,41(46,47)48)28-6-14-33(15-7-28)53-32-12-4-27(5-13-32)38(49)26-2-10-30(42)11-3-26/h2-25H,1H3. The maximum absolute atomic E-state index is 14.8. The second-order valence-electron chi connectivity index (χ2n) is 12.0. The Morgan fingerprint density at radius 2 is 0.800 bits per heavy atom. The molecule has 6 aromatic rings. The summed E-state index contributed by atoms with van der Waals surface area (Å²) < 4.78 is 131. The average molecular weight is 797 g/mol. The zero-order valence-corrected chi connectivity index (χ0v) is 29.9. The van der Waals surface area contributed by atoms with Gasteiger partial charge in [0.1, 0.15) is 28.7 Å². The lowest BCUT2D eigenvalue weighted by Gasteiger charge is -2.38. The van der Waals surface area contributed by atoms with E-state index in [1.54, 1.807) is 24.3 Å². The fourth-order valence-electron chi connectivity index (χ4n) is 5.82. The van der Waals surface area contributed by atoms with Gasteiger partial charge in [-0.15, -0.1) is 0 Å². The monoisotopic (exact) mass is 796 g/mol. The van der Waals surface area contributed by atoms with E-state index in [9.17, 15) is 39.6 Å². The Morgan fingerprint density at radius 1 is 0.491 bits per heavy atom. The van der Waals surface area contributed by atoms with E-state index in [0.717, 1.165) is 24.3 Å². The summed E-state index contributed by atoms with van der Waals surface area (Å²) in [6.07, 6.45) is -11.7. The molecule has 0 aliphatic heterocycles. The molecule has 6 nitrogen and oxygen atoms in total. The molecule has 14 heteroatoms. The molecule has 0 saturated carbocycles. The predicted octanol–water partition coefficient (Wildman–Crippen LogP) is 11.4. The van der Waals surface area contributed by atoms with Gasteiger partial charge in [-0.25, -0.2) is 8.42 Å². The van der Waals surface area contributed by atoms with Gasteiger partial charge in [-0.05, 0) is 132 Å². The number of ether oxygens (including phenoxy) is 3. The quantitative estimate of drug-likeness (QED) is 0.0960. The van der Waals surface area contributed by atoms with Crippen molar-refractivity contribution in [2.45, 2.75) is 27.6 Å². The SMILES string of the molecule is COc1ccc(S(=O)(=O)c2ccc(Oc3ccc(C(c4ccc(Oc5ccc(C(=O)c6ccc(Cl)cc6)cc5)cc4)(C(F)(F)F)C(F)(F)F)cc3)cc2)cc1. The molecule has 0 bridgehead atoms. The molecule has 0 radical (unpaired) electrons. The lowest BCUT2D eigenvalue weighted by molar-refractivity contribution is -0.288. The van der Waals surface area contributed by atoms with Gasteiger partial charge >= 0.3 is 12.4 Å². The van der Waals surface area contributed by atoms with Gasteiger partial charge in [0, 0.05) is 16.1 Å². The Hall–Kier alpha value is -5.79. The number of carbonyl (C=O) groups excluding carboxylic acids is 1. The summed E-state index contributed by atoms with van der Waals surface area (Å²) in [5, 5.41) is 0.459. The third kappa shape index (κ3) is 7.89. The summed E-state index contributed by atoms with van der Waals surface area (Å²) >= 11 is 5.87. The topological polar surface area (TPSA) is 78.9 Å². The Balaban J connectivity index is 1.21. The van der Waals surface area contributed by atoms with Gasteiger partial charge in [-0.2, -0.15) is 26.3 Å². The Bertz CT molecular complexity index is 2370. The fraction of sp³-hybridized carbons (Fsp3) is 0.0976. The van der Waals surface area contributed by atoms with E-state index in [1.165, 1.54) is 79.9 Å². The third-order valence-electron chi connectivity index (χ3n) is 8.62. The van der Waals surface area contributed by atoms with Gasteiger partial charge < -0.3 is 14.2 Å². The second kappa shape index (κ2) is 15.2. The summed E-state index contributed by atoms with van der Waals surface area (Å²) in [4.78, 5) is 12.7. The molecule has 282 valence electrons. The molecule has 0 aliphatic carbocycles. The van der Waals surface area contributed by atoms with Crippen molar-refractivity contribution in [2.75, 3.05) is 7.11 Å². The smallest absolute Gasteiger partial charge is 0.411 e. The highest BCUT2D eigenvalue weighted by atomic mass is 35.5. The van der Waals surface area contributed by atoms with Crippen molar-refractivity contribution in [3.63, 3.8) is 0 Å². The van der Waals surface area contributed by atoms with E-state index in [2.05, 4.69) is 0 Å².